The molecular formula is C21H20FN5O4S. The standard InChI is InChI=1S/C21H20FN5O4S/c1-12-4-5-15(14(22)9-12)23-17(28)11-26-21(30)27-16-6-8-32-18(16)19(29)25(20(27)24-26)10-13-3-2-7-31-13/h4-6,8-9,13H,2-3,7,10-11H2,1H3,(H,23,28)/t13-/m1/s1. The summed E-state index contributed by atoms with van der Waals surface area (Å²) in [6, 6.07) is 6.12. The predicted octanol–water partition coefficient (Wildman–Crippen LogP) is 2.14. The van der Waals surface area contributed by atoms with Gasteiger partial charge in [0.1, 0.15) is 17.1 Å². The zero-order valence-electron chi connectivity index (χ0n) is 17.2. The summed E-state index contributed by atoms with van der Waals surface area (Å²) in [5.41, 5.74) is 0.388. The smallest absolute Gasteiger partial charge is 0.352 e. The molecule has 1 fully saturated rings. The minimum atomic E-state index is -0.604. The third-order valence-electron chi connectivity index (χ3n) is 5.49. The van der Waals surface area contributed by atoms with Crippen LogP contribution in [0.1, 0.15) is 18.4 Å². The molecule has 1 saturated heterocycles. The minimum Gasteiger partial charge on any atom is -0.376 e. The highest BCUT2D eigenvalue weighted by atomic mass is 32.1. The number of anilines is 1. The van der Waals surface area contributed by atoms with Gasteiger partial charge in [0.25, 0.3) is 5.56 Å². The number of halogens is 1. The number of hydrogen-bond acceptors (Lipinski definition) is 6. The van der Waals surface area contributed by atoms with E-state index in [1.165, 1.54) is 32.4 Å². The second-order valence-electron chi connectivity index (χ2n) is 7.79. The summed E-state index contributed by atoms with van der Waals surface area (Å²) >= 11 is 1.25. The van der Waals surface area contributed by atoms with Crippen molar-refractivity contribution in [3.63, 3.8) is 0 Å². The fraction of sp³-hybridized carbons (Fsp3) is 0.333. The van der Waals surface area contributed by atoms with E-state index in [0.29, 0.717) is 16.8 Å². The zero-order chi connectivity index (χ0) is 22.4. The Kier molecular flexibility index (Phi) is 5.14. The van der Waals surface area contributed by atoms with Gasteiger partial charge in [0.2, 0.25) is 11.7 Å². The normalized spacial score (nSPS) is 16.2. The number of nitrogens with zero attached hydrogens (tertiary/aromatic N) is 4. The number of rotatable bonds is 5. The number of thiophene rings is 1. The number of aromatic nitrogens is 4. The number of hydrogen-bond donors (Lipinski definition) is 1. The Labute approximate surface area is 184 Å². The maximum atomic E-state index is 14.1. The molecule has 1 aliphatic heterocycles. The lowest BCUT2D eigenvalue weighted by Gasteiger charge is -2.12. The maximum absolute atomic E-state index is 14.1. The van der Waals surface area contributed by atoms with Gasteiger partial charge in [-0.2, -0.15) is 0 Å². The minimum absolute atomic E-state index is 0.0212. The van der Waals surface area contributed by atoms with Gasteiger partial charge in [-0.05, 0) is 48.9 Å². The molecule has 1 amide bonds. The van der Waals surface area contributed by atoms with E-state index in [9.17, 15) is 18.8 Å². The molecule has 0 saturated carbocycles. The van der Waals surface area contributed by atoms with Crippen molar-refractivity contribution in [3.05, 3.63) is 61.9 Å². The number of carbonyl (C=O) groups is 1. The average Bonchev–Trinajstić information content (AvgIpc) is 3.49. The second-order valence-corrected chi connectivity index (χ2v) is 8.71. The molecule has 9 nitrogen and oxygen atoms in total. The van der Waals surface area contributed by atoms with Crippen molar-refractivity contribution in [1.82, 2.24) is 18.7 Å². The predicted molar refractivity (Wildman–Crippen MR) is 118 cm³/mol. The number of amides is 1. The van der Waals surface area contributed by atoms with Gasteiger partial charge in [-0.3, -0.25) is 14.2 Å². The Bertz CT molecular complexity index is 1460. The lowest BCUT2D eigenvalue weighted by molar-refractivity contribution is -0.117. The first-order valence-corrected chi connectivity index (χ1v) is 11.1. The molecule has 11 heteroatoms. The summed E-state index contributed by atoms with van der Waals surface area (Å²) in [5.74, 6) is -1.02. The topological polar surface area (TPSA) is 99.6 Å². The van der Waals surface area contributed by atoms with Crippen molar-refractivity contribution < 1.29 is 13.9 Å². The van der Waals surface area contributed by atoms with E-state index in [4.69, 9.17) is 4.74 Å². The van der Waals surface area contributed by atoms with Crippen molar-refractivity contribution in [2.45, 2.75) is 39.0 Å². The van der Waals surface area contributed by atoms with Crippen molar-refractivity contribution >= 4 is 38.9 Å². The lowest BCUT2D eigenvalue weighted by Crippen LogP contribution is -2.30. The molecule has 1 atom stereocenters. The van der Waals surface area contributed by atoms with E-state index in [2.05, 4.69) is 10.4 Å². The fourth-order valence-electron chi connectivity index (χ4n) is 3.94. The van der Waals surface area contributed by atoms with Gasteiger partial charge < -0.3 is 10.1 Å². The van der Waals surface area contributed by atoms with E-state index in [-0.39, 0.29) is 29.7 Å². The van der Waals surface area contributed by atoms with Crippen molar-refractivity contribution in [2.24, 2.45) is 0 Å². The van der Waals surface area contributed by atoms with Crippen LogP contribution in [0.15, 0.2) is 39.2 Å². The first-order valence-electron chi connectivity index (χ1n) is 10.2. The van der Waals surface area contributed by atoms with Crippen molar-refractivity contribution in [2.75, 3.05) is 11.9 Å². The SMILES string of the molecule is Cc1ccc(NC(=O)Cn2nc3n(C[C@H]4CCCO4)c(=O)c4sccc4n3c2=O)c(F)c1. The molecule has 4 heterocycles. The summed E-state index contributed by atoms with van der Waals surface area (Å²) < 4.78 is 23.9. The van der Waals surface area contributed by atoms with E-state index in [0.717, 1.165) is 23.1 Å². The van der Waals surface area contributed by atoms with Crippen molar-refractivity contribution in [1.29, 1.82) is 0 Å². The highest BCUT2D eigenvalue weighted by Gasteiger charge is 2.23. The Hall–Kier alpha value is -3.31. The number of carbonyl (C=O) groups excluding carboxylic acids is 1. The van der Waals surface area contributed by atoms with Crippen LogP contribution in [0, 0.1) is 12.7 Å². The quantitative estimate of drug-likeness (QED) is 0.495. The van der Waals surface area contributed by atoms with Crippen LogP contribution in [0.5, 0.6) is 0 Å². The fourth-order valence-corrected chi connectivity index (χ4v) is 4.76. The van der Waals surface area contributed by atoms with Crippen LogP contribution in [0.2, 0.25) is 0 Å². The molecule has 0 radical (unpaired) electrons. The van der Waals surface area contributed by atoms with Crippen LogP contribution in [0.25, 0.3) is 16.0 Å². The summed E-state index contributed by atoms with van der Waals surface area (Å²) in [5, 5.41) is 8.49. The molecule has 5 rings (SSSR count). The Morgan fingerprint density at radius 2 is 2.19 bits per heavy atom. The molecule has 1 aliphatic rings. The number of benzene rings is 1. The molecule has 32 heavy (non-hydrogen) atoms. The van der Waals surface area contributed by atoms with Crippen molar-refractivity contribution in [3.8, 4) is 0 Å². The molecule has 0 bridgehead atoms. The van der Waals surface area contributed by atoms with E-state index in [1.54, 1.807) is 24.4 Å². The Morgan fingerprint density at radius 1 is 1.34 bits per heavy atom. The summed E-state index contributed by atoms with van der Waals surface area (Å²) in [6.45, 7) is 2.22. The van der Waals surface area contributed by atoms with Crippen LogP contribution in [0.4, 0.5) is 10.1 Å². The second kappa shape index (κ2) is 7.99. The summed E-state index contributed by atoms with van der Waals surface area (Å²) in [4.78, 5) is 38.7. The van der Waals surface area contributed by atoms with Gasteiger partial charge in [0, 0.05) is 6.61 Å². The number of ether oxygens (including phenoxy) is 1. The van der Waals surface area contributed by atoms with Gasteiger partial charge >= 0.3 is 5.69 Å². The van der Waals surface area contributed by atoms with Gasteiger partial charge in [0.15, 0.2) is 0 Å². The Balaban J connectivity index is 1.54. The number of fused-ring (bicyclic) bond motifs is 3. The van der Waals surface area contributed by atoms with Gasteiger partial charge in [-0.15, -0.1) is 16.4 Å². The van der Waals surface area contributed by atoms with Gasteiger partial charge in [-0.1, -0.05) is 6.07 Å². The lowest BCUT2D eigenvalue weighted by atomic mass is 10.2. The molecule has 1 aromatic carbocycles. The first-order chi connectivity index (χ1) is 15.4. The van der Waals surface area contributed by atoms with E-state index in [1.807, 2.05) is 0 Å². The molecule has 3 aromatic heterocycles. The molecule has 0 unspecified atom stereocenters. The summed E-state index contributed by atoms with van der Waals surface area (Å²) in [6.07, 6.45) is 1.59. The van der Waals surface area contributed by atoms with Crippen LogP contribution >= 0.6 is 11.3 Å². The molecule has 0 aliphatic carbocycles. The van der Waals surface area contributed by atoms with Crippen LogP contribution in [0.3, 0.4) is 0 Å². The van der Waals surface area contributed by atoms with Crippen LogP contribution < -0.4 is 16.6 Å². The molecule has 4 aromatic rings. The average molecular weight is 457 g/mol. The monoisotopic (exact) mass is 457 g/mol. The summed E-state index contributed by atoms with van der Waals surface area (Å²) in [7, 11) is 0. The van der Waals surface area contributed by atoms with Crippen LogP contribution in [-0.2, 0) is 22.6 Å². The highest BCUT2D eigenvalue weighted by Crippen LogP contribution is 2.20. The highest BCUT2D eigenvalue weighted by molar-refractivity contribution is 7.17. The first kappa shape index (κ1) is 20.6. The molecule has 166 valence electrons. The Morgan fingerprint density at radius 3 is 2.94 bits per heavy atom. The van der Waals surface area contributed by atoms with Gasteiger partial charge in [0.05, 0.1) is 23.9 Å². The van der Waals surface area contributed by atoms with E-state index >= 15 is 0 Å². The van der Waals surface area contributed by atoms with Crippen LogP contribution in [-0.4, -0.2) is 37.4 Å². The third kappa shape index (κ3) is 3.53. The largest absolute Gasteiger partial charge is 0.376 e. The van der Waals surface area contributed by atoms with E-state index < -0.39 is 24.0 Å². The maximum Gasteiger partial charge on any atom is 0.352 e. The number of aryl methyl sites for hydroxylation is 1. The molecule has 0 spiro atoms. The molecule has 1 N–H and O–H groups in total. The molecular weight excluding hydrogens is 437 g/mol. The zero-order valence-corrected chi connectivity index (χ0v) is 18.0. The third-order valence-corrected chi connectivity index (χ3v) is 6.38. The van der Waals surface area contributed by atoms with Gasteiger partial charge in [-0.25, -0.2) is 18.3 Å². The number of nitrogens with one attached hydrogen (secondary N) is 1.